The zero-order valence-electron chi connectivity index (χ0n) is 15.6. The molecule has 0 unspecified atom stereocenters. The Kier molecular flexibility index (Phi) is 6.32. The SMILES string of the molecule is CC(=O)ON(C(=O)N[N+](C)(C)C)C1c2ccccc2Oc2ccccc21.[I-]. The van der Waals surface area contributed by atoms with E-state index in [1.807, 2.05) is 48.5 Å². The number of ether oxygens (including phenoxy) is 1. The summed E-state index contributed by atoms with van der Waals surface area (Å²) in [5.74, 6) is 0.654. The summed E-state index contributed by atoms with van der Waals surface area (Å²) in [6.07, 6.45) is 0. The van der Waals surface area contributed by atoms with E-state index in [1.165, 1.54) is 6.92 Å². The Hall–Kier alpha value is -2.33. The van der Waals surface area contributed by atoms with Crippen LogP contribution in [-0.2, 0) is 9.63 Å². The highest BCUT2D eigenvalue weighted by Crippen LogP contribution is 2.45. The average molecular weight is 483 g/mol. The first-order valence-corrected chi connectivity index (χ1v) is 8.23. The summed E-state index contributed by atoms with van der Waals surface area (Å²) in [5, 5.41) is 1.08. The van der Waals surface area contributed by atoms with E-state index in [4.69, 9.17) is 9.57 Å². The molecule has 2 aromatic carbocycles. The van der Waals surface area contributed by atoms with Gasteiger partial charge in [-0.05, 0) is 12.1 Å². The van der Waals surface area contributed by atoms with Gasteiger partial charge in [0.2, 0.25) is 0 Å². The van der Waals surface area contributed by atoms with Gasteiger partial charge in [-0.25, -0.2) is 9.39 Å². The number of nitrogens with one attached hydrogen (secondary N) is 1. The maximum absolute atomic E-state index is 12.9. The molecule has 3 rings (SSSR count). The van der Waals surface area contributed by atoms with Gasteiger partial charge in [0.05, 0.1) is 21.1 Å². The van der Waals surface area contributed by atoms with Crippen molar-refractivity contribution in [1.82, 2.24) is 10.5 Å². The van der Waals surface area contributed by atoms with Gasteiger partial charge in [-0.1, -0.05) is 36.4 Å². The summed E-state index contributed by atoms with van der Waals surface area (Å²) >= 11 is 0. The molecular weight excluding hydrogens is 461 g/mol. The lowest BCUT2D eigenvalue weighted by atomic mass is 9.94. The minimum absolute atomic E-state index is 0. The van der Waals surface area contributed by atoms with Crippen LogP contribution in [0.1, 0.15) is 24.1 Å². The van der Waals surface area contributed by atoms with Crippen molar-refractivity contribution in [3.05, 3.63) is 59.7 Å². The van der Waals surface area contributed by atoms with Gasteiger partial charge >= 0.3 is 12.0 Å². The monoisotopic (exact) mass is 483 g/mol. The predicted octanol–water partition coefficient (Wildman–Crippen LogP) is -0.00340. The predicted molar refractivity (Wildman–Crippen MR) is 95.0 cm³/mol. The molecule has 0 atom stereocenters. The first-order chi connectivity index (χ1) is 12.3. The number of hydrogen-bond donors (Lipinski definition) is 1. The molecule has 1 heterocycles. The number of hydroxylamine groups is 2. The molecule has 27 heavy (non-hydrogen) atoms. The molecule has 144 valence electrons. The fourth-order valence-corrected chi connectivity index (χ4v) is 2.82. The summed E-state index contributed by atoms with van der Waals surface area (Å²) in [4.78, 5) is 29.9. The number of carbonyl (C=O) groups excluding carboxylic acids is 2. The zero-order valence-corrected chi connectivity index (χ0v) is 17.8. The number of para-hydroxylation sites is 2. The van der Waals surface area contributed by atoms with Gasteiger partial charge < -0.3 is 33.6 Å². The van der Waals surface area contributed by atoms with Crippen molar-refractivity contribution in [2.45, 2.75) is 13.0 Å². The third-order valence-electron chi connectivity index (χ3n) is 3.74. The Morgan fingerprint density at radius 3 is 1.93 bits per heavy atom. The van der Waals surface area contributed by atoms with Crippen LogP contribution in [0, 0.1) is 0 Å². The lowest BCUT2D eigenvalue weighted by Crippen LogP contribution is -3.00. The number of carbonyl (C=O) groups is 2. The third-order valence-corrected chi connectivity index (χ3v) is 3.74. The lowest BCUT2D eigenvalue weighted by Gasteiger charge is -2.36. The maximum Gasteiger partial charge on any atom is 0.395 e. The van der Waals surface area contributed by atoms with E-state index < -0.39 is 18.0 Å². The second kappa shape index (κ2) is 8.13. The van der Waals surface area contributed by atoms with Crippen LogP contribution in [0.25, 0.3) is 0 Å². The summed E-state index contributed by atoms with van der Waals surface area (Å²) in [6, 6.07) is 13.6. The number of rotatable bonds is 2. The number of urea groups is 1. The molecule has 0 saturated heterocycles. The standard InChI is InChI=1S/C19H21N3O4.HI/c1-13(23)26-21(19(24)20-22(2,3)4)18-14-9-5-7-11-16(14)25-17-12-8-6-10-15(17)18;/h5-12,18H,1-4H3;1H. The fourth-order valence-electron chi connectivity index (χ4n) is 2.82. The molecule has 0 bridgehead atoms. The van der Waals surface area contributed by atoms with Crippen LogP contribution in [0.2, 0.25) is 0 Å². The van der Waals surface area contributed by atoms with E-state index in [9.17, 15) is 9.59 Å². The normalized spacial score (nSPS) is 12.6. The second-order valence-electron chi connectivity index (χ2n) is 6.92. The van der Waals surface area contributed by atoms with Crippen molar-refractivity contribution in [3.8, 4) is 11.5 Å². The van der Waals surface area contributed by atoms with E-state index >= 15 is 0 Å². The molecule has 0 spiro atoms. The number of quaternary nitrogens is 1. The molecule has 0 aliphatic carbocycles. The van der Waals surface area contributed by atoms with E-state index in [0.717, 1.165) is 16.2 Å². The van der Waals surface area contributed by atoms with Crippen LogP contribution < -0.4 is 34.1 Å². The molecule has 0 radical (unpaired) electrons. The van der Waals surface area contributed by atoms with Gasteiger partial charge in [-0.2, -0.15) is 5.43 Å². The molecule has 0 aromatic heterocycles. The Morgan fingerprint density at radius 1 is 1.00 bits per heavy atom. The van der Waals surface area contributed by atoms with Crippen LogP contribution in [0.4, 0.5) is 4.79 Å². The number of halogens is 1. The van der Waals surface area contributed by atoms with Crippen molar-refractivity contribution in [3.63, 3.8) is 0 Å². The topological polar surface area (TPSA) is 67.9 Å². The van der Waals surface area contributed by atoms with Gasteiger partial charge in [-0.15, -0.1) is 5.06 Å². The number of nitrogens with zero attached hydrogens (tertiary/aromatic N) is 2. The smallest absolute Gasteiger partial charge is 0.395 e. The molecule has 1 N–H and O–H groups in total. The molecular formula is C19H22IN3O4. The van der Waals surface area contributed by atoms with Gasteiger partial charge in [-0.3, -0.25) is 4.79 Å². The summed E-state index contributed by atoms with van der Waals surface area (Å²) in [6.45, 7) is 1.27. The maximum atomic E-state index is 12.9. The first kappa shape index (κ1) is 21.0. The first-order valence-electron chi connectivity index (χ1n) is 8.23. The van der Waals surface area contributed by atoms with Crippen LogP contribution in [-0.4, -0.2) is 42.8 Å². The minimum atomic E-state index is -0.619. The molecule has 8 heteroatoms. The fraction of sp³-hybridized carbons (Fsp3) is 0.263. The highest BCUT2D eigenvalue weighted by atomic mass is 127. The van der Waals surface area contributed by atoms with E-state index in [0.29, 0.717) is 11.5 Å². The summed E-state index contributed by atoms with van der Waals surface area (Å²) in [5.41, 5.74) is 4.27. The van der Waals surface area contributed by atoms with Gasteiger partial charge in [0, 0.05) is 18.1 Å². The van der Waals surface area contributed by atoms with Crippen molar-refractivity contribution in [2.75, 3.05) is 21.1 Å². The molecule has 0 fully saturated rings. The number of amides is 2. The third kappa shape index (κ3) is 4.69. The molecule has 2 amide bonds. The zero-order chi connectivity index (χ0) is 18.9. The van der Waals surface area contributed by atoms with Crippen LogP contribution in [0.15, 0.2) is 48.5 Å². The molecule has 0 saturated carbocycles. The highest BCUT2D eigenvalue weighted by Gasteiger charge is 2.38. The largest absolute Gasteiger partial charge is 1.00 e. The Balaban J connectivity index is 0.00000261. The molecule has 1 aliphatic heterocycles. The molecule has 2 aromatic rings. The second-order valence-corrected chi connectivity index (χ2v) is 6.92. The number of benzene rings is 2. The Bertz CT molecular complexity index is 805. The van der Waals surface area contributed by atoms with Crippen molar-refractivity contribution >= 4 is 12.0 Å². The Labute approximate surface area is 175 Å². The van der Waals surface area contributed by atoms with Gasteiger partial charge in [0.1, 0.15) is 17.5 Å². The van der Waals surface area contributed by atoms with Crippen molar-refractivity contribution in [2.24, 2.45) is 0 Å². The average Bonchev–Trinajstić information content (AvgIpc) is 2.56. The molecule has 1 aliphatic rings. The quantitative estimate of drug-likeness (QED) is 0.371. The summed E-state index contributed by atoms with van der Waals surface area (Å²) in [7, 11) is 5.40. The van der Waals surface area contributed by atoms with Gasteiger partial charge in [0.25, 0.3) is 0 Å². The van der Waals surface area contributed by atoms with E-state index in [-0.39, 0.29) is 28.6 Å². The lowest BCUT2D eigenvalue weighted by molar-refractivity contribution is -0.906. The number of fused-ring (bicyclic) bond motifs is 2. The van der Waals surface area contributed by atoms with Crippen molar-refractivity contribution in [1.29, 1.82) is 0 Å². The van der Waals surface area contributed by atoms with Crippen LogP contribution >= 0.6 is 0 Å². The van der Waals surface area contributed by atoms with E-state index in [1.54, 1.807) is 21.1 Å². The molecule has 7 nitrogen and oxygen atoms in total. The van der Waals surface area contributed by atoms with Crippen molar-refractivity contribution < 1.29 is 47.7 Å². The van der Waals surface area contributed by atoms with Crippen LogP contribution in [0.3, 0.4) is 0 Å². The van der Waals surface area contributed by atoms with Gasteiger partial charge in [0.15, 0.2) is 0 Å². The minimum Gasteiger partial charge on any atom is -1.00 e. The van der Waals surface area contributed by atoms with Crippen LogP contribution in [0.5, 0.6) is 11.5 Å². The summed E-state index contributed by atoms with van der Waals surface area (Å²) < 4.78 is 6.11. The Morgan fingerprint density at radius 2 is 1.48 bits per heavy atom. The highest BCUT2D eigenvalue weighted by molar-refractivity contribution is 5.76. The number of hydrogen-bond acceptors (Lipinski definition) is 4. The van der Waals surface area contributed by atoms with E-state index in [2.05, 4.69) is 5.43 Å².